The summed E-state index contributed by atoms with van der Waals surface area (Å²) in [7, 11) is 1.54. The Morgan fingerprint density at radius 1 is 1.19 bits per heavy atom. The number of nitrogens with zero attached hydrogens (tertiary/aromatic N) is 3. The molecule has 10 nitrogen and oxygen atoms in total. The van der Waals surface area contributed by atoms with Crippen LogP contribution in [-0.4, -0.2) is 79.2 Å². The summed E-state index contributed by atoms with van der Waals surface area (Å²) in [6.45, 7) is 5.67. The lowest BCUT2D eigenvalue weighted by molar-refractivity contribution is -0.135. The Kier molecular flexibility index (Phi) is 8.36. The van der Waals surface area contributed by atoms with Gasteiger partial charge in [0.1, 0.15) is 12.3 Å². The van der Waals surface area contributed by atoms with Gasteiger partial charge >= 0.3 is 0 Å². The van der Waals surface area contributed by atoms with Gasteiger partial charge in [0.05, 0.1) is 26.9 Å². The van der Waals surface area contributed by atoms with E-state index in [9.17, 15) is 9.59 Å². The minimum Gasteiger partial charge on any atom is -0.493 e. The summed E-state index contributed by atoms with van der Waals surface area (Å²) >= 11 is 0. The van der Waals surface area contributed by atoms with E-state index >= 15 is 0 Å². The van der Waals surface area contributed by atoms with Crippen molar-refractivity contribution in [1.82, 2.24) is 20.1 Å². The summed E-state index contributed by atoms with van der Waals surface area (Å²) in [5, 5.41) is 8.17. The van der Waals surface area contributed by atoms with E-state index < -0.39 is 0 Å². The Balaban J connectivity index is 1.64. The zero-order valence-corrected chi connectivity index (χ0v) is 17.9. The number of rotatable bonds is 10. The van der Waals surface area contributed by atoms with Crippen molar-refractivity contribution in [1.29, 1.82) is 0 Å². The first kappa shape index (κ1) is 22.7. The van der Waals surface area contributed by atoms with E-state index in [1.165, 1.54) is 7.11 Å². The van der Waals surface area contributed by atoms with Crippen LogP contribution in [0.15, 0.2) is 23.0 Å². The topological polar surface area (TPSA) is 116 Å². The number of carbonyl (C=O) groups is 1. The van der Waals surface area contributed by atoms with Crippen LogP contribution in [0.5, 0.6) is 11.5 Å². The third kappa shape index (κ3) is 6.25. The quantitative estimate of drug-likeness (QED) is 0.554. The molecule has 0 saturated carbocycles. The molecule has 2 aromatic rings. The Morgan fingerprint density at radius 3 is 2.71 bits per heavy atom. The molecular weight excluding hydrogens is 404 g/mol. The summed E-state index contributed by atoms with van der Waals surface area (Å²) in [5.41, 5.74) is 0.499. The van der Waals surface area contributed by atoms with E-state index in [1.54, 1.807) is 23.1 Å². The third-order valence-electron chi connectivity index (χ3n) is 4.83. The number of methoxy groups -OCH3 is 1. The molecule has 0 atom stereocenters. The molecule has 1 aromatic heterocycles. The van der Waals surface area contributed by atoms with Crippen molar-refractivity contribution >= 4 is 5.91 Å². The van der Waals surface area contributed by atoms with E-state index in [4.69, 9.17) is 18.9 Å². The molecule has 1 fully saturated rings. The van der Waals surface area contributed by atoms with Gasteiger partial charge in [-0.3, -0.25) is 9.59 Å². The van der Waals surface area contributed by atoms with E-state index in [-0.39, 0.29) is 30.0 Å². The molecule has 3 rings (SSSR count). The Labute approximate surface area is 180 Å². The van der Waals surface area contributed by atoms with Gasteiger partial charge < -0.3 is 28.8 Å². The third-order valence-corrected chi connectivity index (χ3v) is 4.83. The van der Waals surface area contributed by atoms with Gasteiger partial charge in [-0.15, -0.1) is 10.2 Å². The number of nitrogens with one attached hydrogen (secondary N) is 1. The molecule has 1 aliphatic rings. The summed E-state index contributed by atoms with van der Waals surface area (Å²) in [5.74, 6) is 1.38. The second kappa shape index (κ2) is 11.4. The van der Waals surface area contributed by atoms with Gasteiger partial charge in [0, 0.05) is 38.1 Å². The largest absolute Gasteiger partial charge is 0.493 e. The predicted molar refractivity (Wildman–Crippen MR) is 112 cm³/mol. The summed E-state index contributed by atoms with van der Waals surface area (Å²) < 4.78 is 21.6. The van der Waals surface area contributed by atoms with E-state index in [0.29, 0.717) is 69.0 Å². The second-order valence-electron chi connectivity index (χ2n) is 6.85. The summed E-state index contributed by atoms with van der Waals surface area (Å²) in [6, 6.07) is 5.23. The smallest absolute Gasteiger partial charge is 0.273 e. The van der Waals surface area contributed by atoms with Gasteiger partial charge in [-0.2, -0.15) is 0 Å². The molecule has 1 N–H and O–H groups in total. The molecule has 31 heavy (non-hydrogen) atoms. The van der Waals surface area contributed by atoms with Crippen LogP contribution in [0.25, 0.3) is 11.4 Å². The maximum absolute atomic E-state index is 12.5. The molecule has 168 valence electrons. The number of aromatic amines is 1. The van der Waals surface area contributed by atoms with Crippen molar-refractivity contribution in [3.05, 3.63) is 34.2 Å². The number of aromatic nitrogens is 3. The van der Waals surface area contributed by atoms with Crippen LogP contribution in [-0.2, 0) is 20.7 Å². The molecule has 2 heterocycles. The van der Waals surface area contributed by atoms with Crippen LogP contribution in [0.3, 0.4) is 0 Å². The normalized spacial score (nSPS) is 13.8. The lowest BCUT2D eigenvalue weighted by Gasteiger charge is -2.26. The molecule has 0 radical (unpaired) electrons. The minimum atomic E-state index is -0.365. The van der Waals surface area contributed by atoms with Gasteiger partial charge in [-0.25, -0.2) is 0 Å². The van der Waals surface area contributed by atoms with Crippen LogP contribution in [0.4, 0.5) is 0 Å². The maximum atomic E-state index is 12.5. The monoisotopic (exact) mass is 432 g/mol. The lowest BCUT2D eigenvalue weighted by atomic mass is 10.2. The minimum absolute atomic E-state index is 0.0155. The summed E-state index contributed by atoms with van der Waals surface area (Å²) in [6.07, 6.45) is 0.438. The average molecular weight is 432 g/mol. The lowest BCUT2D eigenvalue weighted by Crippen LogP contribution is -2.41. The zero-order chi connectivity index (χ0) is 22.1. The highest BCUT2D eigenvalue weighted by Gasteiger charge is 2.18. The molecule has 1 saturated heterocycles. The molecule has 1 amide bonds. The van der Waals surface area contributed by atoms with E-state index in [2.05, 4.69) is 15.2 Å². The highest BCUT2D eigenvalue weighted by molar-refractivity contribution is 5.76. The van der Waals surface area contributed by atoms with Crippen LogP contribution < -0.4 is 15.0 Å². The molecular formula is C21H28N4O6. The number of carbonyl (C=O) groups excluding carboxylic acids is 1. The van der Waals surface area contributed by atoms with Crippen molar-refractivity contribution in [3.63, 3.8) is 0 Å². The van der Waals surface area contributed by atoms with E-state index in [0.717, 1.165) is 0 Å². The van der Waals surface area contributed by atoms with Crippen molar-refractivity contribution < 1.29 is 23.7 Å². The fraction of sp³-hybridized carbons (Fsp3) is 0.524. The average Bonchev–Trinajstić information content (AvgIpc) is 2.81. The van der Waals surface area contributed by atoms with Crippen molar-refractivity contribution in [3.8, 4) is 22.9 Å². The Hall–Kier alpha value is -2.98. The van der Waals surface area contributed by atoms with E-state index in [1.807, 2.05) is 6.92 Å². The molecule has 10 heteroatoms. The number of hydrogen-bond acceptors (Lipinski definition) is 8. The van der Waals surface area contributed by atoms with Gasteiger partial charge in [0.2, 0.25) is 5.91 Å². The molecule has 0 unspecified atom stereocenters. The van der Waals surface area contributed by atoms with Crippen LogP contribution in [0.2, 0.25) is 0 Å². The first-order chi connectivity index (χ1) is 15.1. The molecule has 0 spiro atoms. The number of aryl methyl sites for hydroxylation is 1. The Bertz CT molecular complexity index is 926. The molecule has 1 aromatic carbocycles. The van der Waals surface area contributed by atoms with Crippen LogP contribution in [0, 0.1) is 0 Å². The SMILES string of the molecule is CCOCCOc1ccc(-c2nnc(CCC(=O)N3CCOCC3)c(=O)[nH]2)cc1OC. The predicted octanol–water partition coefficient (Wildman–Crippen LogP) is 1.05. The van der Waals surface area contributed by atoms with Crippen molar-refractivity contribution in [2.75, 3.05) is 53.2 Å². The van der Waals surface area contributed by atoms with Crippen LogP contribution in [0.1, 0.15) is 19.0 Å². The first-order valence-electron chi connectivity index (χ1n) is 10.3. The highest BCUT2D eigenvalue weighted by Crippen LogP contribution is 2.31. The zero-order valence-electron chi connectivity index (χ0n) is 17.9. The van der Waals surface area contributed by atoms with Crippen molar-refractivity contribution in [2.45, 2.75) is 19.8 Å². The molecule has 0 bridgehead atoms. The van der Waals surface area contributed by atoms with Gasteiger partial charge in [0.25, 0.3) is 5.56 Å². The number of hydrogen-bond donors (Lipinski definition) is 1. The second-order valence-corrected chi connectivity index (χ2v) is 6.85. The summed E-state index contributed by atoms with van der Waals surface area (Å²) in [4.78, 5) is 29.2. The number of ether oxygens (including phenoxy) is 4. The number of benzene rings is 1. The fourth-order valence-corrected chi connectivity index (χ4v) is 3.14. The maximum Gasteiger partial charge on any atom is 0.273 e. The van der Waals surface area contributed by atoms with Gasteiger partial charge in [-0.1, -0.05) is 0 Å². The van der Waals surface area contributed by atoms with Crippen LogP contribution >= 0.6 is 0 Å². The van der Waals surface area contributed by atoms with Crippen molar-refractivity contribution in [2.24, 2.45) is 0 Å². The molecule has 0 aliphatic carbocycles. The first-order valence-corrected chi connectivity index (χ1v) is 10.3. The number of morpholine rings is 1. The van der Waals surface area contributed by atoms with Gasteiger partial charge in [-0.05, 0) is 25.1 Å². The standard InChI is InChI=1S/C21H28N4O6/c1-3-29-12-13-31-17-6-4-15(14-18(17)28-2)20-22-21(27)16(23-24-20)5-7-19(26)25-8-10-30-11-9-25/h4,6,14H,3,5,7-13H2,1-2H3,(H,22,24,27). The Morgan fingerprint density at radius 2 is 2.00 bits per heavy atom. The number of amides is 1. The fourth-order valence-electron chi connectivity index (χ4n) is 3.14. The highest BCUT2D eigenvalue weighted by atomic mass is 16.5. The number of H-pyrrole nitrogens is 1. The molecule has 1 aliphatic heterocycles. The van der Waals surface area contributed by atoms with Gasteiger partial charge in [0.15, 0.2) is 17.3 Å².